The zero-order chi connectivity index (χ0) is 28.3. The van der Waals surface area contributed by atoms with E-state index in [1.807, 2.05) is 0 Å². The molecule has 0 aliphatic heterocycles. The van der Waals surface area contributed by atoms with Crippen LogP contribution in [0.5, 0.6) is 0 Å². The molecule has 0 unspecified atom stereocenters. The summed E-state index contributed by atoms with van der Waals surface area (Å²) in [6.07, 6.45) is 20.7. The average molecular weight is 598 g/mol. The van der Waals surface area contributed by atoms with Gasteiger partial charge in [0.15, 0.2) is 0 Å². The molecule has 0 radical (unpaired) electrons. The zero-order valence-corrected chi connectivity index (χ0v) is 25.8. The fourth-order valence-electron chi connectivity index (χ4n) is 4.58. The van der Waals surface area contributed by atoms with Crippen LogP contribution in [0.1, 0.15) is 120 Å². The Morgan fingerprint density at radius 3 is 1.64 bits per heavy atom. The number of hydrogen-bond acceptors (Lipinski definition) is 3. The summed E-state index contributed by atoms with van der Waals surface area (Å²) >= 11 is 12.0. The van der Waals surface area contributed by atoms with Crippen LogP contribution < -0.4 is 10.0 Å². The Morgan fingerprint density at radius 1 is 0.667 bits per heavy atom. The fraction of sp³-hybridized carbons (Fsp3) is 0.581. The highest BCUT2D eigenvalue weighted by Gasteiger charge is 2.19. The van der Waals surface area contributed by atoms with Crippen molar-refractivity contribution in [3.8, 4) is 0 Å². The predicted molar refractivity (Wildman–Crippen MR) is 166 cm³/mol. The van der Waals surface area contributed by atoms with Gasteiger partial charge >= 0.3 is 0 Å². The Hall–Kier alpha value is -1.76. The molecule has 0 aromatic heterocycles. The molecule has 2 rings (SSSR count). The first kappa shape index (κ1) is 33.4. The van der Waals surface area contributed by atoms with E-state index in [2.05, 4.69) is 17.0 Å². The van der Waals surface area contributed by atoms with Gasteiger partial charge in [-0.3, -0.25) is 9.52 Å². The molecular weight excluding hydrogens is 551 g/mol. The van der Waals surface area contributed by atoms with Crippen molar-refractivity contribution in [2.24, 2.45) is 0 Å². The SMILES string of the molecule is CCCCCCCCCCCCCCCCCCNC(=O)c1cc(Cl)ccc1NS(=O)(=O)c1ccc(Cl)cc1. The predicted octanol–water partition coefficient (Wildman–Crippen LogP) is 9.79. The summed E-state index contributed by atoms with van der Waals surface area (Å²) in [6.45, 7) is 2.80. The van der Waals surface area contributed by atoms with E-state index in [0.717, 1.165) is 19.3 Å². The van der Waals surface area contributed by atoms with Crippen molar-refractivity contribution in [1.82, 2.24) is 5.32 Å². The van der Waals surface area contributed by atoms with E-state index in [9.17, 15) is 13.2 Å². The monoisotopic (exact) mass is 596 g/mol. The van der Waals surface area contributed by atoms with Crippen LogP contribution in [0.2, 0.25) is 10.0 Å². The summed E-state index contributed by atoms with van der Waals surface area (Å²) in [5, 5.41) is 3.70. The van der Waals surface area contributed by atoms with E-state index in [1.165, 1.54) is 120 Å². The molecule has 5 nitrogen and oxygen atoms in total. The van der Waals surface area contributed by atoms with E-state index >= 15 is 0 Å². The molecule has 0 aliphatic rings. The lowest BCUT2D eigenvalue weighted by molar-refractivity contribution is 0.0954. The van der Waals surface area contributed by atoms with Crippen LogP contribution in [0.4, 0.5) is 5.69 Å². The number of carbonyl (C=O) groups excluding carboxylic acids is 1. The van der Waals surface area contributed by atoms with Gasteiger partial charge in [-0.2, -0.15) is 0 Å². The molecule has 8 heteroatoms. The Kier molecular flexibility index (Phi) is 16.6. The Bertz CT molecular complexity index is 1080. The number of nitrogens with one attached hydrogen (secondary N) is 2. The minimum Gasteiger partial charge on any atom is -0.352 e. The Morgan fingerprint density at radius 2 is 1.13 bits per heavy atom. The van der Waals surface area contributed by atoms with Crippen LogP contribution in [-0.4, -0.2) is 20.9 Å². The number of rotatable bonds is 21. The quantitative estimate of drug-likeness (QED) is 0.141. The van der Waals surface area contributed by atoms with Crippen LogP contribution in [0.15, 0.2) is 47.4 Å². The smallest absolute Gasteiger partial charge is 0.261 e. The van der Waals surface area contributed by atoms with Crippen LogP contribution in [0.25, 0.3) is 0 Å². The highest BCUT2D eigenvalue weighted by molar-refractivity contribution is 7.92. The first-order valence-electron chi connectivity index (χ1n) is 14.7. The number of carbonyl (C=O) groups is 1. The number of hydrogen-bond donors (Lipinski definition) is 2. The fourth-order valence-corrected chi connectivity index (χ4v) is 5.96. The molecule has 0 bridgehead atoms. The topological polar surface area (TPSA) is 75.3 Å². The van der Waals surface area contributed by atoms with Crippen molar-refractivity contribution >= 4 is 44.8 Å². The van der Waals surface area contributed by atoms with Crippen molar-refractivity contribution in [2.75, 3.05) is 11.3 Å². The third kappa shape index (κ3) is 13.9. The molecular formula is C31H46Cl2N2O3S. The summed E-state index contributed by atoms with van der Waals surface area (Å²) in [7, 11) is -3.88. The largest absolute Gasteiger partial charge is 0.352 e. The van der Waals surface area contributed by atoms with Gasteiger partial charge in [-0.1, -0.05) is 126 Å². The second kappa shape index (κ2) is 19.3. The first-order chi connectivity index (χ1) is 18.8. The highest BCUT2D eigenvalue weighted by Crippen LogP contribution is 2.24. The van der Waals surface area contributed by atoms with Gasteiger partial charge in [0.25, 0.3) is 15.9 Å². The van der Waals surface area contributed by atoms with Crippen LogP contribution in [-0.2, 0) is 10.0 Å². The van der Waals surface area contributed by atoms with Gasteiger partial charge in [-0.05, 0) is 48.9 Å². The van der Waals surface area contributed by atoms with Crippen molar-refractivity contribution in [3.63, 3.8) is 0 Å². The van der Waals surface area contributed by atoms with Gasteiger partial charge in [0.1, 0.15) is 0 Å². The van der Waals surface area contributed by atoms with Gasteiger partial charge in [0.05, 0.1) is 16.1 Å². The molecule has 2 aromatic carbocycles. The summed E-state index contributed by atoms with van der Waals surface area (Å²) in [5.41, 5.74) is 0.371. The number of unbranched alkanes of at least 4 members (excludes halogenated alkanes) is 15. The van der Waals surface area contributed by atoms with Crippen molar-refractivity contribution in [1.29, 1.82) is 0 Å². The van der Waals surface area contributed by atoms with Gasteiger partial charge < -0.3 is 5.32 Å². The molecule has 1 amide bonds. The van der Waals surface area contributed by atoms with E-state index in [0.29, 0.717) is 16.6 Å². The summed E-state index contributed by atoms with van der Waals surface area (Å²) in [6, 6.07) is 10.4. The molecule has 2 N–H and O–H groups in total. The second-order valence-electron chi connectivity index (χ2n) is 10.3. The molecule has 0 aliphatic carbocycles. The molecule has 0 fully saturated rings. The van der Waals surface area contributed by atoms with Gasteiger partial charge in [-0.15, -0.1) is 0 Å². The third-order valence-electron chi connectivity index (χ3n) is 6.91. The lowest BCUT2D eigenvalue weighted by atomic mass is 10.0. The average Bonchev–Trinajstić information content (AvgIpc) is 2.91. The molecule has 0 saturated carbocycles. The number of halogens is 2. The maximum absolute atomic E-state index is 12.8. The zero-order valence-electron chi connectivity index (χ0n) is 23.5. The minimum atomic E-state index is -3.88. The maximum Gasteiger partial charge on any atom is 0.261 e. The van der Waals surface area contributed by atoms with Crippen LogP contribution in [0, 0.1) is 0 Å². The van der Waals surface area contributed by atoms with Crippen molar-refractivity contribution < 1.29 is 13.2 Å². The lowest BCUT2D eigenvalue weighted by Gasteiger charge is -2.13. The summed E-state index contributed by atoms with van der Waals surface area (Å²) < 4.78 is 28.1. The molecule has 2 aromatic rings. The van der Waals surface area contributed by atoms with Gasteiger partial charge in [0, 0.05) is 16.6 Å². The molecule has 0 saturated heterocycles. The summed E-state index contributed by atoms with van der Waals surface area (Å²) in [4.78, 5) is 12.9. The number of amides is 1. The lowest BCUT2D eigenvalue weighted by Crippen LogP contribution is -2.26. The standard InChI is InChI=1S/C31H46Cl2N2O3S/c1-2-3-4-5-6-7-8-9-10-11-12-13-14-15-16-17-24-34-31(36)29-25-27(33)20-23-30(29)35-39(37,38)28-21-18-26(32)19-22-28/h18-23,25,35H,2-17,24H2,1H3,(H,34,36). The van der Waals surface area contributed by atoms with Gasteiger partial charge in [0.2, 0.25) is 0 Å². The number of benzene rings is 2. The molecule has 0 heterocycles. The molecule has 0 atom stereocenters. The summed E-state index contributed by atoms with van der Waals surface area (Å²) in [5.74, 6) is -0.354. The molecule has 218 valence electrons. The Balaban J connectivity index is 1.60. The van der Waals surface area contributed by atoms with Gasteiger partial charge in [-0.25, -0.2) is 8.42 Å². The molecule has 0 spiro atoms. The normalized spacial score (nSPS) is 11.5. The third-order valence-corrected chi connectivity index (χ3v) is 8.78. The second-order valence-corrected chi connectivity index (χ2v) is 12.9. The van der Waals surface area contributed by atoms with E-state index < -0.39 is 10.0 Å². The maximum atomic E-state index is 12.8. The minimum absolute atomic E-state index is 0.0568. The Labute approximate surface area is 246 Å². The van der Waals surface area contributed by atoms with E-state index in [4.69, 9.17) is 23.2 Å². The van der Waals surface area contributed by atoms with E-state index in [1.54, 1.807) is 6.07 Å². The number of sulfonamides is 1. The van der Waals surface area contributed by atoms with Crippen LogP contribution >= 0.6 is 23.2 Å². The number of anilines is 1. The first-order valence-corrected chi connectivity index (χ1v) is 16.9. The van der Waals surface area contributed by atoms with Crippen molar-refractivity contribution in [3.05, 3.63) is 58.1 Å². The van der Waals surface area contributed by atoms with E-state index in [-0.39, 0.29) is 22.1 Å². The highest BCUT2D eigenvalue weighted by atomic mass is 35.5. The molecule has 39 heavy (non-hydrogen) atoms. The van der Waals surface area contributed by atoms with Crippen molar-refractivity contribution in [2.45, 2.75) is 115 Å². The van der Waals surface area contributed by atoms with Crippen LogP contribution in [0.3, 0.4) is 0 Å².